The Morgan fingerprint density at radius 2 is 1.83 bits per heavy atom. The fourth-order valence-electron chi connectivity index (χ4n) is 4.27. The predicted molar refractivity (Wildman–Crippen MR) is 114 cm³/mol. The molecule has 1 aliphatic carbocycles. The third-order valence-electron chi connectivity index (χ3n) is 5.89. The first-order chi connectivity index (χ1) is 14.5. The molecule has 6 nitrogen and oxygen atoms in total. The number of esters is 1. The molecule has 6 heteroatoms. The Labute approximate surface area is 177 Å². The van der Waals surface area contributed by atoms with Crippen LogP contribution in [0.2, 0.25) is 0 Å². The first kappa shape index (κ1) is 21.6. The number of hydrogen-bond acceptors (Lipinski definition) is 4. The minimum atomic E-state index is -0.336. The van der Waals surface area contributed by atoms with Gasteiger partial charge in [0.15, 0.2) is 0 Å². The maximum atomic E-state index is 13.4. The number of aromatic amines is 1. The molecule has 1 amide bonds. The second kappa shape index (κ2) is 9.62. The van der Waals surface area contributed by atoms with Crippen LogP contribution in [0.15, 0.2) is 24.3 Å². The van der Waals surface area contributed by atoms with Crippen LogP contribution >= 0.6 is 0 Å². The van der Waals surface area contributed by atoms with Gasteiger partial charge in [0.2, 0.25) is 0 Å². The maximum absolute atomic E-state index is 13.4. The van der Waals surface area contributed by atoms with E-state index < -0.39 is 0 Å². The monoisotopic (exact) mass is 407 g/mol. The number of hydrogen-bond donors (Lipinski definition) is 1. The van der Waals surface area contributed by atoms with Crippen molar-refractivity contribution in [2.24, 2.45) is 0 Å². The highest BCUT2D eigenvalue weighted by Crippen LogP contribution is 2.28. The smallest absolute Gasteiger partial charge is 0.340 e. The summed E-state index contributed by atoms with van der Waals surface area (Å²) in [5.74, 6) is -0.381. The van der Waals surface area contributed by atoms with E-state index in [1.165, 1.54) is 6.42 Å². The van der Waals surface area contributed by atoms with E-state index in [0.717, 1.165) is 42.6 Å². The molecular weight excluding hydrogens is 378 g/mol. The van der Waals surface area contributed by atoms with Gasteiger partial charge < -0.3 is 14.6 Å². The van der Waals surface area contributed by atoms with Crippen molar-refractivity contribution < 1.29 is 14.3 Å². The van der Waals surface area contributed by atoms with Crippen LogP contribution in [-0.4, -0.2) is 34.4 Å². The van der Waals surface area contributed by atoms with E-state index in [-0.39, 0.29) is 17.9 Å². The number of nitrogens with zero attached hydrogens (tertiary/aromatic N) is 2. The van der Waals surface area contributed by atoms with Crippen LogP contribution in [0.3, 0.4) is 0 Å². The molecule has 0 saturated heterocycles. The van der Waals surface area contributed by atoms with E-state index in [9.17, 15) is 9.59 Å². The van der Waals surface area contributed by atoms with Crippen molar-refractivity contribution in [3.05, 3.63) is 57.9 Å². The molecule has 0 radical (unpaired) electrons. The molecule has 0 unspecified atom stereocenters. The lowest BCUT2D eigenvalue weighted by atomic mass is 9.93. The lowest BCUT2D eigenvalue weighted by Crippen LogP contribution is -2.41. The van der Waals surface area contributed by atoms with Gasteiger partial charge in [-0.05, 0) is 63.4 Å². The van der Waals surface area contributed by atoms with Gasteiger partial charge in [-0.3, -0.25) is 4.79 Å². The summed E-state index contributed by atoms with van der Waals surface area (Å²) in [6.45, 7) is 6.28. The molecule has 0 aliphatic heterocycles. The fraction of sp³-hybridized carbons (Fsp3) is 0.458. The third-order valence-corrected chi connectivity index (χ3v) is 5.89. The van der Waals surface area contributed by atoms with E-state index in [4.69, 9.17) is 10.00 Å². The molecule has 1 aromatic carbocycles. The van der Waals surface area contributed by atoms with Gasteiger partial charge in [-0.1, -0.05) is 19.3 Å². The lowest BCUT2D eigenvalue weighted by Gasteiger charge is -2.34. The van der Waals surface area contributed by atoms with Crippen LogP contribution < -0.4 is 0 Å². The molecule has 0 bridgehead atoms. The zero-order chi connectivity index (χ0) is 21.7. The molecule has 0 spiro atoms. The van der Waals surface area contributed by atoms with Crippen molar-refractivity contribution >= 4 is 11.9 Å². The average Bonchev–Trinajstić information content (AvgIpc) is 3.05. The highest BCUT2D eigenvalue weighted by molar-refractivity contribution is 5.95. The molecule has 158 valence electrons. The summed E-state index contributed by atoms with van der Waals surface area (Å²) in [5, 5.41) is 9.03. The van der Waals surface area contributed by atoms with Crippen LogP contribution in [0.25, 0.3) is 0 Å². The van der Waals surface area contributed by atoms with Crippen molar-refractivity contribution in [1.82, 2.24) is 9.88 Å². The highest BCUT2D eigenvalue weighted by atomic mass is 16.5. The summed E-state index contributed by atoms with van der Waals surface area (Å²) in [5.41, 5.74) is 4.12. The molecule has 1 aromatic heterocycles. The Morgan fingerprint density at radius 3 is 2.43 bits per heavy atom. The van der Waals surface area contributed by atoms with E-state index >= 15 is 0 Å². The van der Waals surface area contributed by atoms with Crippen LogP contribution in [-0.2, 0) is 11.3 Å². The van der Waals surface area contributed by atoms with Crippen LogP contribution in [0.1, 0.15) is 82.3 Å². The summed E-state index contributed by atoms with van der Waals surface area (Å²) < 4.78 is 5.20. The largest absolute Gasteiger partial charge is 0.462 e. The average molecular weight is 408 g/mol. The van der Waals surface area contributed by atoms with E-state index in [2.05, 4.69) is 11.1 Å². The van der Waals surface area contributed by atoms with Gasteiger partial charge in [-0.15, -0.1) is 0 Å². The summed E-state index contributed by atoms with van der Waals surface area (Å²) >= 11 is 0. The SMILES string of the molecule is CCOC(=O)c1c(C)[nH]c(CN(C(=O)c2ccc(C#N)cc2)C2CCCCC2)c1C. The molecule has 3 rings (SSSR count). The van der Waals surface area contributed by atoms with Crippen molar-refractivity contribution in [2.75, 3.05) is 6.61 Å². The number of carbonyl (C=O) groups is 2. The first-order valence-electron chi connectivity index (χ1n) is 10.6. The minimum Gasteiger partial charge on any atom is -0.462 e. The van der Waals surface area contributed by atoms with E-state index in [1.54, 1.807) is 31.2 Å². The molecule has 1 N–H and O–H groups in total. The Balaban J connectivity index is 1.91. The lowest BCUT2D eigenvalue weighted by molar-refractivity contribution is 0.0524. The van der Waals surface area contributed by atoms with E-state index in [0.29, 0.717) is 29.8 Å². The Hall–Kier alpha value is -3.07. The molecule has 2 aromatic rings. The van der Waals surface area contributed by atoms with Crippen molar-refractivity contribution in [1.29, 1.82) is 5.26 Å². The van der Waals surface area contributed by atoms with Crippen molar-refractivity contribution in [2.45, 2.75) is 65.5 Å². The number of aromatic nitrogens is 1. The number of aryl methyl sites for hydroxylation is 1. The second-order valence-electron chi connectivity index (χ2n) is 7.86. The number of nitriles is 1. The molecule has 1 saturated carbocycles. The van der Waals surface area contributed by atoms with Crippen LogP contribution in [0.4, 0.5) is 0 Å². The number of ether oxygens (including phenoxy) is 1. The normalized spacial score (nSPS) is 14.2. The Morgan fingerprint density at radius 1 is 1.17 bits per heavy atom. The van der Waals surface area contributed by atoms with Gasteiger partial charge in [-0.25, -0.2) is 4.79 Å². The van der Waals surface area contributed by atoms with Crippen molar-refractivity contribution in [3.63, 3.8) is 0 Å². The highest BCUT2D eigenvalue weighted by Gasteiger charge is 2.29. The third kappa shape index (κ3) is 4.56. The topological polar surface area (TPSA) is 86.2 Å². The minimum absolute atomic E-state index is 0.0456. The molecular formula is C24H29N3O3. The predicted octanol–water partition coefficient (Wildman–Crippen LogP) is 4.66. The van der Waals surface area contributed by atoms with Crippen molar-refractivity contribution in [3.8, 4) is 6.07 Å². The molecule has 1 heterocycles. The molecule has 1 aliphatic rings. The number of carbonyl (C=O) groups excluding carboxylic acids is 2. The zero-order valence-corrected chi connectivity index (χ0v) is 18.0. The standard InChI is InChI=1S/C24H29N3O3/c1-4-30-24(29)22-16(2)21(26-17(22)3)15-27(20-8-6-5-7-9-20)23(28)19-12-10-18(14-25)11-13-19/h10-13,20,26H,4-9,15H2,1-3H3. The Bertz CT molecular complexity index is 947. The number of benzene rings is 1. The molecule has 0 atom stereocenters. The Kier molecular flexibility index (Phi) is 6.94. The van der Waals surface area contributed by atoms with Gasteiger partial charge in [0, 0.05) is 23.0 Å². The van der Waals surface area contributed by atoms with E-state index in [1.807, 2.05) is 18.7 Å². The number of H-pyrrole nitrogens is 1. The van der Waals surface area contributed by atoms with Gasteiger partial charge in [0.05, 0.1) is 30.3 Å². The zero-order valence-electron chi connectivity index (χ0n) is 18.0. The second-order valence-corrected chi connectivity index (χ2v) is 7.86. The summed E-state index contributed by atoms with van der Waals surface area (Å²) in [6, 6.07) is 9.04. The number of nitrogens with one attached hydrogen (secondary N) is 1. The van der Waals surface area contributed by atoms with Gasteiger partial charge in [0.25, 0.3) is 5.91 Å². The summed E-state index contributed by atoms with van der Waals surface area (Å²) in [6.07, 6.45) is 5.37. The first-order valence-corrected chi connectivity index (χ1v) is 10.6. The number of rotatable bonds is 6. The maximum Gasteiger partial charge on any atom is 0.340 e. The summed E-state index contributed by atoms with van der Waals surface area (Å²) in [4.78, 5) is 31.0. The molecule has 1 fully saturated rings. The quantitative estimate of drug-likeness (QED) is 0.706. The van der Waals surface area contributed by atoms with Gasteiger partial charge in [0.1, 0.15) is 0 Å². The summed E-state index contributed by atoms with van der Waals surface area (Å²) in [7, 11) is 0. The number of amides is 1. The molecule has 30 heavy (non-hydrogen) atoms. The van der Waals surface area contributed by atoms with Gasteiger partial charge in [-0.2, -0.15) is 5.26 Å². The van der Waals surface area contributed by atoms with Crippen LogP contribution in [0.5, 0.6) is 0 Å². The van der Waals surface area contributed by atoms with Gasteiger partial charge >= 0.3 is 5.97 Å². The fourth-order valence-corrected chi connectivity index (χ4v) is 4.27. The van der Waals surface area contributed by atoms with Crippen LogP contribution in [0, 0.1) is 25.2 Å².